The number of allylic oxidation sites excluding steroid dienone is 1. The fourth-order valence-electron chi connectivity index (χ4n) is 2.34. The van der Waals surface area contributed by atoms with Gasteiger partial charge < -0.3 is 0 Å². The molecule has 1 N–H and O–H groups in total. The van der Waals surface area contributed by atoms with E-state index in [0.29, 0.717) is 11.3 Å². The summed E-state index contributed by atoms with van der Waals surface area (Å²) in [4.78, 5) is 0.350. The predicted molar refractivity (Wildman–Crippen MR) is 79.5 cm³/mol. The van der Waals surface area contributed by atoms with E-state index in [1.54, 1.807) is 12.1 Å². The van der Waals surface area contributed by atoms with Crippen molar-refractivity contribution in [2.24, 2.45) is 0 Å². The zero-order valence-electron chi connectivity index (χ0n) is 10.9. The molecule has 0 saturated carbocycles. The lowest BCUT2D eigenvalue weighted by atomic mass is 10.1. The van der Waals surface area contributed by atoms with Crippen LogP contribution >= 0.6 is 0 Å². The van der Waals surface area contributed by atoms with Crippen molar-refractivity contribution < 1.29 is 8.42 Å². The zero-order valence-corrected chi connectivity index (χ0v) is 11.7. The van der Waals surface area contributed by atoms with Gasteiger partial charge in [0.1, 0.15) is 0 Å². The molecule has 0 fully saturated rings. The smallest absolute Gasteiger partial charge is 0.262 e. The topological polar surface area (TPSA) is 46.2 Å². The molecule has 4 heteroatoms. The zero-order chi connectivity index (χ0) is 14.0. The van der Waals surface area contributed by atoms with Crippen LogP contribution in [0.15, 0.2) is 65.2 Å². The number of hydrogen-bond donors (Lipinski definition) is 1. The summed E-state index contributed by atoms with van der Waals surface area (Å²) in [5.74, 6) is 0. The molecule has 2 aromatic rings. The summed E-state index contributed by atoms with van der Waals surface area (Å²) in [6.45, 7) is 0. The summed E-state index contributed by atoms with van der Waals surface area (Å²) in [5, 5.41) is 0. The van der Waals surface area contributed by atoms with Crippen molar-refractivity contribution in [3.05, 3.63) is 71.4 Å². The molecule has 0 aliphatic carbocycles. The maximum atomic E-state index is 12.1. The maximum absolute atomic E-state index is 12.1. The van der Waals surface area contributed by atoms with Gasteiger partial charge in [0.2, 0.25) is 0 Å². The van der Waals surface area contributed by atoms with Crippen LogP contribution in [0.25, 0.3) is 6.08 Å². The van der Waals surface area contributed by atoms with Gasteiger partial charge in [0.15, 0.2) is 0 Å². The third-order valence-corrected chi connectivity index (χ3v) is 4.81. The van der Waals surface area contributed by atoms with E-state index < -0.39 is 10.0 Å². The summed E-state index contributed by atoms with van der Waals surface area (Å²) >= 11 is 0. The average Bonchev–Trinajstić information content (AvgIpc) is 2.46. The van der Waals surface area contributed by atoms with Crippen LogP contribution in [0.2, 0.25) is 0 Å². The van der Waals surface area contributed by atoms with Crippen LogP contribution in [0.3, 0.4) is 0 Å². The van der Waals surface area contributed by atoms with Crippen LogP contribution in [0.5, 0.6) is 0 Å². The van der Waals surface area contributed by atoms with E-state index in [1.807, 2.05) is 48.5 Å². The summed E-state index contributed by atoms with van der Waals surface area (Å²) in [6.07, 6.45) is 3.41. The fourth-order valence-corrected chi connectivity index (χ4v) is 3.65. The number of aryl methyl sites for hydroxylation is 1. The first-order valence-corrected chi connectivity index (χ1v) is 8.00. The number of hydrogen-bond acceptors (Lipinski definition) is 2. The molecular weight excluding hydrogens is 270 g/mol. The lowest BCUT2D eigenvalue weighted by molar-refractivity contribution is 0.585. The van der Waals surface area contributed by atoms with Gasteiger partial charge >= 0.3 is 0 Å². The van der Waals surface area contributed by atoms with Gasteiger partial charge in [-0.05, 0) is 36.1 Å². The third kappa shape index (κ3) is 2.60. The Morgan fingerprint density at radius 1 is 0.850 bits per heavy atom. The molecule has 0 bridgehead atoms. The molecule has 0 radical (unpaired) electrons. The van der Waals surface area contributed by atoms with Gasteiger partial charge in [0.05, 0.1) is 4.90 Å². The van der Waals surface area contributed by atoms with E-state index in [9.17, 15) is 8.42 Å². The third-order valence-electron chi connectivity index (χ3n) is 3.33. The lowest BCUT2D eigenvalue weighted by Crippen LogP contribution is -2.27. The highest BCUT2D eigenvalue weighted by molar-refractivity contribution is 7.89. The van der Waals surface area contributed by atoms with Gasteiger partial charge in [-0.3, -0.25) is 4.72 Å². The molecule has 0 unspecified atom stereocenters. The molecule has 0 spiro atoms. The van der Waals surface area contributed by atoms with Crippen LogP contribution in [0.4, 0.5) is 0 Å². The van der Waals surface area contributed by atoms with Crippen LogP contribution in [0.1, 0.15) is 17.5 Å². The number of fused-ring (bicyclic) bond motifs is 1. The Kier molecular flexibility index (Phi) is 3.32. The van der Waals surface area contributed by atoms with Crippen LogP contribution in [-0.2, 0) is 16.4 Å². The van der Waals surface area contributed by atoms with Gasteiger partial charge in [-0.15, -0.1) is 0 Å². The highest BCUT2D eigenvalue weighted by Crippen LogP contribution is 2.25. The van der Waals surface area contributed by atoms with E-state index in [0.717, 1.165) is 17.7 Å². The first-order valence-electron chi connectivity index (χ1n) is 6.51. The average molecular weight is 285 g/mol. The molecule has 2 aromatic carbocycles. The minimum atomic E-state index is -3.41. The SMILES string of the molecule is O=S1(=O)NC(CCc2ccccc2)=Cc2ccccc21. The molecule has 102 valence electrons. The molecule has 20 heavy (non-hydrogen) atoms. The van der Waals surface area contributed by atoms with Crippen molar-refractivity contribution in [2.45, 2.75) is 17.7 Å². The van der Waals surface area contributed by atoms with E-state index in [1.165, 1.54) is 5.56 Å². The second-order valence-electron chi connectivity index (χ2n) is 4.80. The van der Waals surface area contributed by atoms with Gasteiger partial charge in [-0.2, -0.15) is 0 Å². The first kappa shape index (κ1) is 12.9. The fraction of sp³-hybridized carbons (Fsp3) is 0.125. The number of rotatable bonds is 3. The normalized spacial score (nSPS) is 15.9. The van der Waals surface area contributed by atoms with Crippen molar-refractivity contribution in [3.8, 4) is 0 Å². The summed E-state index contributed by atoms with van der Waals surface area (Å²) in [7, 11) is -3.41. The van der Waals surface area contributed by atoms with E-state index in [4.69, 9.17) is 0 Å². The molecule has 0 aromatic heterocycles. The monoisotopic (exact) mass is 285 g/mol. The second-order valence-corrected chi connectivity index (χ2v) is 6.45. The molecular formula is C16H15NO2S. The Labute approximate surface area is 119 Å². The summed E-state index contributed by atoms with van der Waals surface area (Å²) < 4.78 is 26.9. The van der Waals surface area contributed by atoms with Gasteiger partial charge in [-0.1, -0.05) is 48.5 Å². The number of benzene rings is 2. The Morgan fingerprint density at radius 2 is 1.55 bits per heavy atom. The molecule has 0 saturated heterocycles. The molecule has 3 rings (SSSR count). The van der Waals surface area contributed by atoms with Crippen molar-refractivity contribution in [3.63, 3.8) is 0 Å². The van der Waals surface area contributed by atoms with Crippen molar-refractivity contribution in [1.29, 1.82) is 0 Å². The standard InChI is InChI=1S/C16H15NO2S/c18-20(19)16-9-5-4-8-14(16)12-15(17-20)11-10-13-6-2-1-3-7-13/h1-9,12,17H,10-11H2. The first-order chi connectivity index (χ1) is 9.65. The van der Waals surface area contributed by atoms with Crippen molar-refractivity contribution in [1.82, 2.24) is 4.72 Å². The predicted octanol–water partition coefficient (Wildman–Crippen LogP) is 2.95. The lowest BCUT2D eigenvalue weighted by Gasteiger charge is -2.19. The Hall–Kier alpha value is -2.07. The van der Waals surface area contributed by atoms with Crippen LogP contribution in [-0.4, -0.2) is 8.42 Å². The highest BCUT2D eigenvalue weighted by Gasteiger charge is 2.22. The largest absolute Gasteiger partial charge is 0.283 e. The Morgan fingerprint density at radius 3 is 2.35 bits per heavy atom. The van der Waals surface area contributed by atoms with Crippen molar-refractivity contribution >= 4 is 16.1 Å². The second kappa shape index (κ2) is 5.13. The Bertz CT molecular complexity index is 749. The number of nitrogens with one attached hydrogen (secondary N) is 1. The van der Waals surface area contributed by atoms with E-state index >= 15 is 0 Å². The quantitative estimate of drug-likeness (QED) is 0.942. The molecule has 0 amide bonds. The summed E-state index contributed by atoms with van der Waals surface area (Å²) in [5.41, 5.74) is 2.70. The van der Waals surface area contributed by atoms with Crippen molar-refractivity contribution in [2.75, 3.05) is 0 Å². The highest BCUT2D eigenvalue weighted by atomic mass is 32.2. The van der Waals surface area contributed by atoms with E-state index in [-0.39, 0.29) is 0 Å². The van der Waals surface area contributed by atoms with Crippen LogP contribution in [0, 0.1) is 0 Å². The summed E-state index contributed by atoms with van der Waals surface area (Å²) in [6, 6.07) is 17.1. The Balaban J connectivity index is 1.84. The molecule has 0 atom stereocenters. The minimum absolute atomic E-state index is 0.350. The van der Waals surface area contributed by atoms with Crippen LogP contribution < -0.4 is 4.72 Å². The maximum Gasteiger partial charge on any atom is 0.262 e. The molecule has 1 aliphatic rings. The van der Waals surface area contributed by atoms with E-state index in [2.05, 4.69) is 4.72 Å². The van der Waals surface area contributed by atoms with Gasteiger partial charge in [-0.25, -0.2) is 8.42 Å². The number of sulfonamides is 1. The minimum Gasteiger partial charge on any atom is -0.283 e. The van der Waals surface area contributed by atoms with Gasteiger partial charge in [0, 0.05) is 5.70 Å². The molecule has 1 heterocycles. The molecule has 3 nitrogen and oxygen atoms in total. The van der Waals surface area contributed by atoms with Gasteiger partial charge in [0.25, 0.3) is 10.0 Å². The molecule has 1 aliphatic heterocycles.